The normalized spacial score (nSPS) is 19.6. The third-order valence-electron chi connectivity index (χ3n) is 2.62. The van der Waals surface area contributed by atoms with Crippen molar-refractivity contribution in [1.29, 1.82) is 0 Å². The first-order valence-corrected chi connectivity index (χ1v) is 4.90. The molecule has 0 aliphatic carbocycles. The van der Waals surface area contributed by atoms with Crippen molar-refractivity contribution >= 4 is 11.9 Å². The minimum Gasteiger partial charge on any atom is -0.480 e. The van der Waals surface area contributed by atoms with Gasteiger partial charge < -0.3 is 10.4 Å². The Labute approximate surface area is 91.1 Å². The van der Waals surface area contributed by atoms with Crippen LogP contribution in [0.5, 0.6) is 0 Å². The van der Waals surface area contributed by atoms with Gasteiger partial charge in [0, 0.05) is 5.56 Å². The molecule has 0 bridgehead atoms. The summed E-state index contributed by atoms with van der Waals surface area (Å²) in [7, 11) is 0. The number of carboxylic acids is 1. The number of aryl methyl sites for hydroxylation is 1. The molecule has 0 radical (unpaired) electrons. The first-order valence-electron chi connectivity index (χ1n) is 4.90. The lowest BCUT2D eigenvalue weighted by atomic mass is 10.0. The minimum atomic E-state index is -1.07. The van der Waals surface area contributed by atoms with Gasteiger partial charge >= 0.3 is 5.97 Å². The lowest BCUT2D eigenvalue weighted by Gasteiger charge is -2.09. The molecule has 0 saturated carbocycles. The van der Waals surface area contributed by atoms with E-state index in [0.29, 0.717) is 18.4 Å². The summed E-state index contributed by atoms with van der Waals surface area (Å²) in [5.74, 6) is -2.09. The summed E-state index contributed by atoms with van der Waals surface area (Å²) in [6, 6.07) is 3.03. The maximum Gasteiger partial charge on any atom is 0.326 e. The van der Waals surface area contributed by atoms with Crippen molar-refractivity contribution in [3.8, 4) is 0 Å². The summed E-state index contributed by atoms with van der Waals surface area (Å²) in [6.45, 7) is 0. The summed E-state index contributed by atoms with van der Waals surface area (Å²) in [6.07, 6.45) is 0.769. The molecule has 2 N–H and O–H groups in total. The predicted molar refractivity (Wildman–Crippen MR) is 53.6 cm³/mol. The van der Waals surface area contributed by atoms with Crippen LogP contribution >= 0.6 is 0 Å². The Morgan fingerprint density at radius 1 is 1.50 bits per heavy atom. The van der Waals surface area contributed by atoms with E-state index >= 15 is 0 Å². The molecule has 16 heavy (non-hydrogen) atoms. The molecule has 0 saturated heterocycles. The van der Waals surface area contributed by atoms with Gasteiger partial charge in [-0.3, -0.25) is 4.79 Å². The molecule has 2 rings (SSSR count). The third-order valence-corrected chi connectivity index (χ3v) is 2.62. The van der Waals surface area contributed by atoms with Crippen LogP contribution in [-0.4, -0.2) is 23.0 Å². The molecule has 1 aromatic carbocycles. The Bertz CT molecular complexity index is 459. The highest BCUT2D eigenvalue weighted by Crippen LogP contribution is 2.18. The lowest BCUT2D eigenvalue weighted by Crippen LogP contribution is -2.39. The highest BCUT2D eigenvalue weighted by Gasteiger charge is 2.26. The number of aliphatic carboxylic acids is 1. The zero-order valence-corrected chi connectivity index (χ0v) is 8.37. The van der Waals surface area contributed by atoms with Gasteiger partial charge in [0.05, 0.1) is 0 Å². The molecule has 1 aromatic rings. The van der Waals surface area contributed by atoms with Gasteiger partial charge in [0.25, 0.3) is 5.91 Å². The first kappa shape index (κ1) is 10.6. The molecular weight excluding hydrogens is 213 g/mol. The van der Waals surface area contributed by atoms with Crippen LogP contribution < -0.4 is 5.32 Å². The molecule has 84 valence electrons. The summed E-state index contributed by atoms with van der Waals surface area (Å²) in [4.78, 5) is 22.4. The molecule has 0 fully saturated rings. The van der Waals surface area contributed by atoms with Crippen LogP contribution in [0.25, 0.3) is 0 Å². The van der Waals surface area contributed by atoms with E-state index in [2.05, 4.69) is 5.32 Å². The van der Waals surface area contributed by atoms with Gasteiger partial charge in [-0.05, 0) is 30.5 Å². The highest BCUT2D eigenvalue weighted by atomic mass is 19.1. The smallest absolute Gasteiger partial charge is 0.326 e. The van der Waals surface area contributed by atoms with Gasteiger partial charge in [0.2, 0.25) is 0 Å². The van der Waals surface area contributed by atoms with E-state index in [1.165, 1.54) is 12.1 Å². The number of nitrogens with one attached hydrogen (secondary N) is 1. The van der Waals surface area contributed by atoms with Crippen molar-refractivity contribution in [2.75, 3.05) is 0 Å². The van der Waals surface area contributed by atoms with E-state index in [-0.39, 0.29) is 5.56 Å². The largest absolute Gasteiger partial charge is 0.480 e. The molecule has 5 heteroatoms. The number of hydrogen-bond acceptors (Lipinski definition) is 2. The van der Waals surface area contributed by atoms with Gasteiger partial charge in [-0.2, -0.15) is 0 Å². The average molecular weight is 223 g/mol. The predicted octanol–water partition coefficient (Wildman–Crippen LogP) is 0.955. The molecule has 0 spiro atoms. The van der Waals surface area contributed by atoms with E-state index in [1.54, 1.807) is 0 Å². The number of amides is 1. The molecular formula is C11H10FNO3. The van der Waals surface area contributed by atoms with Crippen molar-refractivity contribution in [2.45, 2.75) is 18.9 Å². The fourth-order valence-electron chi connectivity index (χ4n) is 1.77. The molecule has 1 amide bonds. The molecule has 4 nitrogen and oxygen atoms in total. The maximum atomic E-state index is 13.0. The van der Waals surface area contributed by atoms with Crippen molar-refractivity contribution in [1.82, 2.24) is 5.32 Å². The summed E-state index contributed by atoms with van der Waals surface area (Å²) >= 11 is 0. The third kappa shape index (κ3) is 1.88. The number of halogens is 1. The fraction of sp³-hybridized carbons (Fsp3) is 0.273. The SMILES string of the molecule is O=C1NC(C(=O)O)CCc2ccc(F)cc21. The Hall–Kier alpha value is -1.91. The topological polar surface area (TPSA) is 66.4 Å². The Morgan fingerprint density at radius 2 is 2.25 bits per heavy atom. The molecule has 1 heterocycles. The molecule has 1 unspecified atom stereocenters. The molecule has 0 aromatic heterocycles. The Balaban J connectivity index is 2.36. The second-order valence-electron chi connectivity index (χ2n) is 3.70. The maximum absolute atomic E-state index is 13.0. The number of fused-ring (bicyclic) bond motifs is 1. The molecule has 1 aliphatic heterocycles. The van der Waals surface area contributed by atoms with Crippen LogP contribution in [0.2, 0.25) is 0 Å². The van der Waals surface area contributed by atoms with Gasteiger partial charge in [-0.15, -0.1) is 0 Å². The van der Waals surface area contributed by atoms with Crippen LogP contribution in [0.3, 0.4) is 0 Å². The van der Waals surface area contributed by atoms with Gasteiger partial charge in [0.1, 0.15) is 11.9 Å². The number of carboxylic acid groups (broad SMARTS) is 1. The van der Waals surface area contributed by atoms with E-state index in [9.17, 15) is 14.0 Å². The van der Waals surface area contributed by atoms with Crippen molar-refractivity contribution in [3.05, 3.63) is 35.1 Å². The zero-order chi connectivity index (χ0) is 11.7. The quantitative estimate of drug-likeness (QED) is 0.745. The van der Waals surface area contributed by atoms with E-state index in [1.807, 2.05) is 0 Å². The van der Waals surface area contributed by atoms with E-state index < -0.39 is 23.7 Å². The monoisotopic (exact) mass is 223 g/mol. The minimum absolute atomic E-state index is 0.226. The zero-order valence-electron chi connectivity index (χ0n) is 8.37. The fourth-order valence-corrected chi connectivity index (χ4v) is 1.77. The van der Waals surface area contributed by atoms with Gasteiger partial charge in [-0.25, -0.2) is 9.18 Å². The number of benzene rings is 1. The second-order valence-corrected chi connectivity index (χ2v) is 3.70. The van der Waals surface area contributed by atoms with E-state index in [0.717, 1.165) is 6.07 Å². The summed E-state index contributed by atoms with van der Waals surface area (Å²) < 4.78 is 13.0. The second kappa shape index (κ2) is 3.92. The average Bonchev–Trinajstić information content (AvgIpc) is 2.39. The lowest BCUT2D eigenvalue weighted by molar-refractivity contribution is -0.139. The Morgan fingerprint density at radius 3 is 2.94 bits per heavy atom. The molecule has 1 aliphatic rings. The summed E-state index contributed by atoms with van der Waals surface area (Å²) in [5.41, 5.74) is 0.909. The summed E-state index contributed by atoms with van der Waals surface area (Å²) in [5, 5.41) is 11.2. The van der Waals surface area contributed by atoms with Crippen molar-refractivity contribution < 1.29 is 19.1 Å². The number of hydrogen-bond donors (Lipinski definition) is 2. The standard InChI is InChI=1S/C11H10FNO3/c12-7-3-1-6-2-4-9(11(15)16)13-10(14)8(6)5-7/h1,3,5,9H,2,4H2,(H,13,14)(H,15,16). The van der Waals surface area contributed by atoms with Gasteiger partial charge in [-0.1, -0.05) is 6.07 Å². The molecule has 1 atom stereocenters. The van der Waals surface area contributed by atoms with Gasteiger partial charge in [0.15, 0.2) is 0 Å². The van der Waals surface area contributed by atoms with Crippen LogP contribution in [0.1, 0.15) is 22.3 Å². The van der Waals surface area contributed by atoms with E-state index in [4.69, 9.17) is 5.11 Å². The van der Waals surface area contributed by atoms with Crippen LogP contribution in [0.4, 0.5) is 4.39 Å². The van der Waals surface area contributed by atoms with Crippen molar-refractivity contribution in [2.24, 2.45) is 0 Å². The van der Waals surface area contributed by atoms with Crippen LogP contribution in [0, 0.1) is 5.82 Å². The highest BCUT2D eigenvalue weighted by molar-refractivity contribution is 5.98. The van der Waals surface area contributed by atoms with Crippen molar-refractivity contribution in [3.63, 3.8) is 0 Å². The number of carbonyl (C=O) groups excluding carboxylic acids is 1. The number of rotatable bonds is 1. The van der Waals surface area contributed by atoms with Crippen LogP contribution in [-0.2, 0) is 11.2 Å². The first-order chi connectivity index (χ1) is 7.58. The number of carbonyl (C=O) groups is 2. The Kier molecular flexibility index (Phi) is 2.60. The van der Waals surface area contributed by atoms with Crippen LogP contribution in [0.15, 0.2) is 18.2 Å².